The van der Waals surface area contributed by atoms with Crippen LogP contribution in [0.15, 0.2) is 76.3 Å². The van der Waals surface area contributed by atoms with E-state index in [0.29, 0.717) is 22.0 Å². The summed E-state index contributed by atoms with van der Waals surface area (Å²) in [5.41, 5.74) is -0.143. The van der Waals surface area contributed by atoms with Crippen molar-refractivity contribution in [1.29, 1.82) is 0 Å². The number of carbonyl (C=O) groups excluding carboxylic acids is 1. The zero-order valence-corrected chi connectivity index (χ0v) is 18.4. The zero-order valence-electron chi connectivity index (χ0n) is 16.8. The number of amides is 1. The van der Waals surface area contributed by atoms with Crippen LogP contribution in [0.25, 0.3) is 16.6 Å². The van der Waals surface area contributed by atoms with Gasteiger partial charge in [-0.2, -0.15) is 0 Å². The number of carbonyl (C=O) groups is 1. The van der Waals surface area contributed by atoms with Crippen molar-refractivity contribution in [2.45, 2.75) is 6.54 Å². The van der Waals surface area contributed by atoms with Crippen LogP contribution < -0.4 is 21.3 Å². The number of hydrogen-bond donors (Lipinski definition) is 1. The summed E-state index contributed by atoms with van der Waals surface area (Å²) in [5.74, 6) is 0.0277. The van der Waals surface area contributed by atoms with Gasteiger partial charge in [-0.25, -0.2) is 9.36 Å². The summed E-state index contributed by atoms with van der Waals surface area (Å²) in [6.07, 6.45) is 0. The maximum Gasteiger partial charge on any atom is 0.336 e. The predicted molar refractivity (Wildman–Crippen MR) is 125 cm³/mol. The van der Waals surface area contributed by atoms with Crippen molar-refractivity contribution in [3.8, 4) is 11.4 Å². The first-order valence-corrected chi connectivity index (χ1v) is 10.3. The van der Waals surface area contributed by atoms with Gasteiger partial charge in [0, 0.05) is 0 Å². The van der Waals surface area contributed by atoms with E-state index in [1.54, 1.807) is 48.5 Å². The molecule has 0 spiro atoms. The molecule has 0 aliphatic rings. The Morgan fingerprint density at radius 2 is 1.69 bits per heavy atom. The van der Waals surface area contributed by atoms with Gasteiger partial charge in [-0.15, -0.1) is 0 Å². The monoisotopic (exact) mass is 469 g/mol. The van der Waals surface area contributed by atoms with Crippen molar-refractivity contribution in [3.05, 3.63) is 97.6 Å². The molecule has 0 saturated carbocycles. The van der Waals surface area contributed by atoms with Gasteiger partial charge >= 0.3 is 5.69 Å². The van der Waals surface area contributed by atoms with Gasteiger partial charge < -0.3 is 10.1 Å². The van der Waals surface area contributed by atoms with Gasteiger partial charge in [-0.1, -0.05) is 47.5 Å². The van der Waals surface area contributed by atoms with Crippen molar-refractivity contribution in [2.24, 2.45) is 0 Å². The fourth-order valence-electron chi connectivity index (χ4n) is 3.41. The first kappa shape index (κ1) is 21.7. The molecule has 0 radical (unpaired) electrons. The van der Waals surface area contributed by atoms with Crippen LogP contribution in [0.3, 0.4) is 0 Å². The second kappa shape index (κ2) is 8.90. The first-order chi connectivity index (χ1) is 15.4. The molecule has 32 heavy (non-hydrogen) atoms. The normalized spacial score (nSPS) is 10.8. The van der Waals surface area contributed by atoms with E-state index >= 15 is 0 Å². The van der Waals surface area contributed by atoms with Crippen LogP contribution in [0.1, 0.15) is 0 Å². The molecule has 7 nitrogen and oxygen atoms in total. The highest BCUT2D eigenvalue weighted by Gasteiger charge is 2.17. The van der Waals surface area contributed by atoms with Gasteiger partial charge in [-0.3, -0.25) is 14.2 Å². The van der Waals surface area contributed by atoms with Gasteiger partial charge in [0.1, 0.15) is 12.3 Å². The highest BCUT2D eigenvalue weighted by atomic mass is 35.5. The number of nitrogens with one attached hydrogen (secondary N) is 1. The Hall–Kier alpha value is -3.55. The fraction of sp³-hybridized carbons (Fsp3) is 0.0870. The molecule has 0 aliphatic carbocycles. The fourth-order valence-corrected chi connectivity index (χ4v) is 3.70. The number of anilines is 1. The quantitative estimate of drug-likeness (QED) is 0.476. The molecule has 1 aromatic heterocycles. The molecule has 0 unspecified atom stereocenters. The molecule has 0 bridgehead atoms. The van der Waals surface area contributed by atoms with E-state index in [0.717, 1.165) is 4.57 Å². The number of hydrogen-bond acceptors (Lipinski definition) is 4. The van der Waals surface area contributed by atoms with Crippen molar-refractivity contribution < 1.29 is 9.53 Å². The van der Waals surface area contributed by atoms with E-state index in [2.05, 4.69) is 5.32 Å². The molecule has 0 fully saturated rings. The number of methoxy groups -OCH3 is 1. The second-order valence-corrected chi connectivity index (χ2v) is 7.69. The Balaban J connectivity index is 1.84. The molecule has 0 atom stereocenters. The van der Waals surface area contributed by atoms with Crippen molar-refractivity contribution in [3.63, 3.8) is 0 Å². The number of ether oxygens (including phenoxy) is 1. The van der Waals surface area contributed by atoms with Crippen LogP contribution >= 0.6 is 23.2 Å². The Morgan fingerprint density at radius 3 is 2.44 bits per heavy atom. The second-order valence-electron chi connectivity index (χ2n) is 6.87. The number of rotatable bonds is 5. The third kappa shape index (κ3) is 4.00. The molecule has 0 saturated heterocycles. The molecule has 3 aromatic carbocycles. The van der Waals surface area contributed by atoms with Crippen molar-refractivity contribution >= 4 is 45.7 Å². The van der Waals surface area contributed by atoms with Crippen LogP contribution in [0.5, 0.6) is 5.75 Å². The summed E-state index contributed by atoms with van der Waals surface area (Å²) in [7, 11) is 1.50. The van der Waals surface area contributed by atoms with Crippen LogP contribution in [-0.4, -0.2) is 22.2 Å². The Kier molecular flexibility index (Phi) is 6.03. The minimum absolute atomic E-state index is 0.198. The molecule has 9 heteroatoms. The number of fused-ring (bicyclic) bond motifs is 1. The SMILES string of the molecule is COc1ccccc1NC(=O)Cn1c(=O)n(-c2ccc(Cl)c(Cl)c2)c(=O)c2ccccc21. The van der Waals surface area contributed by atoms with E-state index in [4.69, 9.17) is 27.9 Å². The average molecular weight is 470 g/mol. The van der Waals surface area contributed by atoms with Gasteiger partial charge in [-0.05, 0) is 42.5 Å². The number of halogens is 2. The van der Waals surface area contributed by atoms with Gasteiger partial charge in [0.15, 0.2) is 0 Å². The highest BCUT2D eigenvalue weighted by molar-refractivity contribution is 6.42. The lowest BCUT2D eigenvalue weighted by atomic mass is 10.2. The Labute approximate surface area is 192 Å². The number of nitrogens with zero attached hydrogens (tertiary/aromatic N) is 2. The van der Waals surface area contributed by atoms with E-state index in [1.807, 2.05) is 0 Å². The summed E-state index contributed by atoms with van der Waals surface area (Å²) in [5, 5.41) is 3.51. The van der Waals surface area contributed by atoms with E-state index < -0.39 is 17.2 Å². The van der Waals surface area contributed by atoms with Gasteiger partial charge in [0.25, 0.3) is 5.56 Å². The summed E-state index contributed by atoms with van der Waals surface area (Å²) < 4.78 is 7.47. The minimum atomic E-state index is -0.678. The van der Waals surface area contributed by atoms with Crippen LogP contribution in [0, 0.1) is 0 Å². The van der Waals surface area contributed by atoms with Crippen LogP contribution in [0.2, 0.25) is 10.0 Å². The maximum absolute atomic E-state index is 13.4. The third-order valence-electron chi connectivity index (χ3n) is 4.89. The molecule has 162 valence electrons. The lowest BCUT2D eigenvalue weighted by Gasteiger charge is -2.15. The standard InChI is InChI=1S/C23H17Cl2N3O4/c1-32-20-9-5-3-7-18(20)26-21(29)13-27-19-8-4-2-6-15(19)22(30)28(23(27)31)14-10-11-16(24)17(25)12-14/h2-12H,13H2,1H3,(H,26,29). The summed E-state index contributed by atoms with van der Waals surface area (Å²) in [4.78, 5) is 39.3. The minimum Gasteiger partial charge on any atom is -0.495 e. The Bertz CT molecular complexity index is 1460. The summed E-state index contributed by atoms with van der Waals surface area (Å²) in [6.45, 7) is -0.320. The van der Waals surface area contributed by atoms with Crippen LogP contribution in [0.4, 0.5) is 5.69 Å². The lowest BCUT2D eigenvalue weighted by Crippen LogP contribution is -2.40. The summed E-state index contributed by atoms with van der Waals surface area (Å²) in [6, 6.07) is 18.0. The van der Waals surface area contributed by atoms with Crippen molar-refractivity contribution in [2.75, 3.05) is 12.4 Å². The molecule has 1 heterocycles. The van der Waals surface area contributed by atoms with E-state index in [1.165, 1.54) is 29.9 Å². The molecule has 0 aliphatic heterocycles. The van der Waals surface area contributed by atoms with E-state index in [-0.39, 0.29) is 22.6 Å². The van der Waals surface area contributed by atoms with Gasteiger partial charge in [0.2, 0.25) is 5.91 Å². The van der Waals surface area contributed by atoms with Crippen LogP contribution in [-0.2, 0) is 11.3 Å². The summed E-state index contributed by atoms with van der Waals surface area (Å²) >= 11 is 12.1. The predicted octanol–water partition coefficient (Wildman–Crippen LogP) is 4.11. The van der Waals surface area contributed by atoms with E-state index in [9.17, 15) is 14.4 Å². The largest absolute Gasteiger partial charge is 0.495 e. The third-order valence-corrected chi connectivity index (χ3v) is 5.63. The number of benzene rings is 3. The Morgan fingerprint density at radius 1 is 0.969 bits per heavy atom. The molecule has 4 aromatic rings. The maximum atomic E-state index is 13.4. The smallest absolute Gasteiger partial charge is 0.336 e. The molecular weight excluding hydrogens is 453 g/mol. The molecule has 1 amide bonds. The highest BCUT2D eigenvalue weighted by Crippen LogP contribution is 2.24. The van der Waals surface area contributed by atoms with Gasteiger partial charge in [0.05, 0.1) is 39.4 Å². The molecule has 4 rings (SSSR count). The van der Waals surface area contributed by atoms with Crippen molar-refractivity contribution in [1.82, 2.24) is 9.13 Å². The topological polar surface area (TPSA) is 82.3 Å². The number of para-hydroxylation sites is 3. The first-order valence-electron chi connectivity index (χ1n) is 9.53. The lowest BCUT2D eigenvalue weighted by molar-refractivity contribution is -0.116. The zero-order chi connectivity index (χ0) is 22.8. The average Bonchev–Trinajstić information content (AvgIpc) is 2.79. The molecule has 1 N–H and O–H groups in total. The number of aromatic nitrogens is 2. The molecular formula is C23H17Cl2N3O4.